The molecule has 0 aliphatic carbocycles. The Kier molecular flexibility index (Phi) is 2.53. The van der Waals surface area contributed by atoms with Crippen LogP contribution in [0, 0.1) is 0 Å². The van der Waals surface area contributed by atoms with Gasteiger partial charge in [0.05, 0.1) is 8.35 Å². The van der Waals surface area contributed by atoms with Gasteiger partial charge in [-0.15, -0.1) is 5.10 Å². The highest BCUT2D eigenvalue weighted by Gasteiger charge is 2.19. The average molecular weight is 220 g/mol. The molecule has 78 valence electrons. The molecule has 0 aromatic carbocycles. The lowest BCUT2D eigenvalue weighted by Crippen LogP contribution is -2.09. The van der Waals surface area contributed by atoms with Gasteiger partial charge >= 0.3 is 0 Å². The van der Waals surface area contributed by atoms with Crippen molar-refractivity contribution in [3.63, 3.8) is 0 Å². The van der Waals surface area contributed by atoms with E-state index in [0.29, 0.717) is 0 Å². The Morgan fingerprint density at radius 1 is 1.27 bits per heavy atom. The monoisotopic (exact) mass is 220 g/mol. The van der Waals surface area contributed by atoms with Gasteiger partial charge in [0.25, 0.3) is 0 Å². The minimum absolute atomic E-state index is 0.0641. The molecule has 0 radical (unpaired) electrons. The molecule has 0 atom stereocenters. The van der Waals surface area contributed by atoms with Crippen LogP contribution < -0.4 is 0 Å². The van der Waals surface area contributed by atoms with Crippen molar-refractivity contribution >= 4 is 8.35 Å². The van der Waals surface area contributed by atoms with E-state index >= 15 is 0 Å². The van der Waals surface area contributed by atoms with Crippen LogP contribution in [-0.2, 0) is 5.41 Å². The van der Waals surface area contributed by atoms with E-state index in [9.17, 15) is 0 Å². The Balaban J connectivity index is 2.37. The van der Waals surface area contributed by atoms with E-state index in [0.717, 1.165) is 19.6 Å². The molecule has 2 aromatic rings. The van der Waals surface area contributed by atoms with Gasteiger partial charge in [0.15, 0.2) is 5.82 Å². The molecule has 2 aromatic heterocycles. The van der Waals surface area contributed by atoms with Gasteiger partial charge in [-0.1, -0.05) is 32.1 Å². The van der Waals surface area contributed by atoms with Crippen molar-refractivity contribution in [2.45, 2.75) is 26.2 Å². The maximum absolute atomic E-state index is 4.23. The van der Waals surface area contributed by atoms with E-state index in [1.165, 1.54) is 0 Å². The zero-order valence-electron chi connectivity index (χ0n) is 9.05. The van der Waals surface area contributed by atoms with Crippen molar-refractivity contribution in [3.8, 4) is 5.82 Å². The summed E-state index contributed by atoms with van der Waals surface area (Å²) >= 11 is 0. The molecule has 0 fully saturated rings. The molecule has 5 heteroatoms. The average Bonchev–Trinajstić information content (AvgIpc) is 2.67. The maximum Gasteiger partial charge on any atom is 0.159 e. The molecule has 15 heavy (non-hydrogen) atoms. The fraction of sp³-hybridized carbons (Fsp3) is 0.400. The van der Waals surface area contributed by atoms with Crippen LogP contribution in [0.15, 0.2) is 24.4 Å². The first-order valence-corrected chi connectivity index (χ1v) is 5.64. The van der Waals surface area contributed by atoms with Crippen molar-refractivity contribution in [2.24, 2.45) is 0 Å². The molecule has 0 aliphatic heterocycles. The summed E-state index contributed by atoms with van der Waals surface area (Å²) in [5.74, 6) is 0.835. The van der Waals surface area contributed by atoms with E-state index < -0.39 is 0 Å². The number of pyridine rings is 1. The first kappa shape index (κ1) is 10.2. The van der Waals surface area contributed by atoms with Gasteiger partial charge in [-0.2, -0.15) is 4.44 Å². The predicted octanol–water partition coefficient (Wildman–Crippen LogP) is 2.54. The normalized spacial score (nSPS) is 12.2. The summed E-state index contributed by atoms with van der Waals surface area (Å²) in [6.07, 6.45) is 1.76. The van der Waals surface area contributed by atoms with Crippen LogP contribution in [0.25, 0.3) is 5.82 Å². The summed E-state index contributed by atoms with van der Waals surface area (Å²) in [6, 6.07) is 5.77. The summed E-state index contributed by atoms with van der Waals surface area (Å²) in [7, 11) is 0.999. The third kappa shape index (κ3) is 2.21. The molecular weight excluding hydrogens is 207 g/mol. The SMILES string of the molecule is CC(C)(C)c1nnn(-c2ccccn2)p1. The van der Waals surface area contributed by atoms with Gasteiger partial charge in [-0.25, -0.2) is 4.98 Å². The Morgan fingerprint density at radius 3 is 2.60 bits per heavy atom. The Bertz CT molecular complexity index is 444. The molecule has 0 N–H and O–H groups in total. The van der Waals surface area contributed by atoms with Gasteiger partial charge in [-0.3, -0.25) is 0 Å². The fourth-order valence-corrected chi connectivity index (χ4v) is 1.94. The minimum atomic E-state index is 0.0641. The molecule has 0 amide bonds. The van der Waals surface area contributed by atoms with Gasteiger partial charge in [-0.05, 0) is 12.1 Å². The third-order valence-corrected chi connectivity index (χ3v) is 3.36. The minimum Gasteiger partial charge on any atom is -0.237 e. The smallest absolute Gasteiger partial charge is 0.159 e. The van der Waals surface area contributed by atoms with Crippen molar-refractivity contribution < 1.29 is 0 Å². The van der Waals surface area contributed by atoms with Crippen LogP contribution in [0.3, 0.4) is 0 Å². The Morgan fingerprint density at radius 2 is 2.07 bits per heavy atom. The van der Waals surface area contributed by atoms with Crippen LogP contribution in [0.1, 0.15) is 26.2 Å². The number of aromatic nitrogens is 4. The maximum atomic E-state index is 4.23. The number of hydrogen-bond acceptors (Lipinski definition) is 3. The zero-order chi connectivity index (χ0) is 10.9. The molecule has 0 spiro atoms. The van der Waals surface area contributed by atoms with Gasteiger partial charge < -0.3 is 0 Å². The van der Waals surface area contributed by atoms with Crippen LogP contribution in [0.4, 0.5) is 0 Å². The number of nitrogens with zero attached hydrogens (tertiary/aromatic N) is 4. The predicted molar refractivity (Wildman–Crippen MR) is 60.4 cm³/mol. The van der Waals surface area contributed by atoms with Gasteiger partial charge in [0.2, 0.25) is 0 Å². The topological polar surface area (TPSA) is 43.6 Å². The van der Waals surface area contributed by atoms with E-state index in [1.807, 2.05) is 18.2 Å². The molecule has 0 saturated carbocycles. The molecular formula is C10H13N4P. The highest BCUT2D eigenvalue weighted by molar-refractivity contribution is 7.27. The van der Waals surface area contributed by atoms with Crippen LogP contribution in [0.2, 0.25) is 0 Å². The third-order valence-electron chi connectivity index (χ3n) is 1.94. The summed E-state index contributed by atoms with van der Waals surface area (Å²) in [6.45, 7) is 6.41. The lowest BCUT2D eigenvalue weighted by Gasteiger charge is -2.11. The van der Waals surface area contributed by atoms with Crippen molar-refractivity contribution in [2.75, 3.05) is 0 Å². The van der Waals surface area contributed by atoms with Crippen molar-refractivity contribution in [3.05, 3.63) is 29.8 Å². The highest BCUT2D eigenvalue weighted by Crippen LogP contribution is 2.27. The van der Waals surface area contributed by atoms with Crippen LogP contribution >= 0.6 is 8.35 Å². The second-order valence-electron chi connectivity index (χ2n) is 4.34. The molecule has 0 bridgehead atoms. The lowest BCUT2D eigenvalue weighted by atomic mass is 9.98. The molecule has 0 aliphatic rings. The Hall–Kier alpha value is -1.28. The first-order chi connectivity index (χ1) is 7.07. The highest BCUT2D eigenvalue weighted by atomic mass is 31.0. The number of rotatable bonds is 1. The van der Waals surface area contributed by atoms with Crippen LogP contribution in [0.5, 0.6) is 0 Å². The standard InChI is InChI=1S/C10H13N4P/c1-10(2,3)9-12-13-14(15-9)8-6-4-5-7-11-8/h4-7H,1-3H3. The largest absolute Gasteiger partial charge is 0.237 e. The second kappa shape index (κ2) is 3.70. The van der Waals surface area contributed by atoms with Crippen molar-refractivity contribution in [1.29, 1.82) is 0 Å². The summed E-state index contributed by atoms with van der Waals surface area (Å²) in [4.78, 5) is 4.23. The van der Waals surface area contributed by atoms with E-state index in [-0.39, 0.29) is 5.41 Å². The van der Waals surface area contributed by atoms with Gasteiger partial charge in [0.1, 0.15) is 5.43 Å². The lowest BCUT2D eigenvalue weighted by molar-refractivity contribution is 0.575. The molecule has 0 saturated heterocycles. The van der Waals surface area contributed by atoms with E-state index in [4.69, 9.17) is 0 Å². The molecule has 2 rings (SSSR count). The summed E-state index contributed by atoms with van der Waals surface area (Å²) in [5, 5.41) is 8.28. The summed E-state index contributed by atoms with van der Waals surface area (Å²) in [5.41, 5.74) is 1.13. The molecule has 0 unspecified atom stereocenters. The quantitative estimate of drug-likeness (QED) is 0.741. The van der Waals surface area contributed by atoms with Gasteiger partial charge in [0, 0.05) is 11.6 Å². The Labute approximate surface area is 90.5 Å². The zero-order valence-corrected chi connectivity index (χ0v) is 9.94. The van der Waals surface area contributed by atoms with E-state index in [2.05, 4.69) is 36.1 Å². The number of hydrogen-bond donors (Lipinski definition) is 0. The first-order valence-electron chi connectivity index (χ1n) is 4.79. The molecule has 2 heterocycles. The second-order valence-corrected chi connectivity index (χ2v) is 5.34. The van der Waals surface area contributed by atoms with Crippen molar-refractivity contribution in [1.82, 2.24) is 19.7 Å². The summed E-state index contributed by atoms with van der Waals surface area (Å²) < 4.78 is 1.79. The fourth-order valence-electron chi connectivity index (χ4n) is 1.08. The van der Waals surface area contributed by atoms with E-state index in [1.54, 1.807) is 10.6 Å². The molecule has 4 nitrogen and oxygen atoms in total. The van der Waals surface area contributed by atoms with Crippen LogP contribution in [-0.4, -0.2) is 19.7 Å².